The lowest BCUT2D eigenvalue weighted by molar-refractivity contribution is -0.141. The zero-order chi connectivity index (χ0) is 22.8. The lowest BCUT2D eigenvalue weighted by atomic mass is 10.0. The van der Waals surface area contributed by atoms with E-state index in [1.54, 1.807) is 13.8 Å². The summed E-state index contributed by atoms with van der Waals surface area (Å²) >= 11 is 0. The van der Waals surface area contributed by atoms with Crippen LogP contribution in [0.25, 0.3) is 0 Å². The second-order valence-electron chi connectivity index (χ2n) is 6.88. The number of carboxylic acids is 2. The van der Waals surface area contributed by atoms with E-state index >= 15 is 0 Å². The summed E-state index contributed by atoms with van der Waals surface area (Å²) in [5.41, 5.74) is 6.19. The van der Waals surface area contributed by atoms with Crippen LogP contribution in [-0.2, 0) is 30.4 Å². The second-order valence-corrected chi connectivity index (χ2v) is 6.88. The molecule has 0 fully saturated rings. The highest BCUT2D eigenvalue weighted by atomic mass is 16.4. The summed E-state index contributed by atoms with van der Waals surface area (Å²) in [7, 11) is 0. The molecule has 0 spiro atoms. The summed E-state index contributed by atoms with van der Waals surface area (Å²) in [6.07, 6.45) is 1.94. The van der Waals surface area contributed by atoms with E-state index in [0.29, 0.717) is 5.69 Å². The number of amides is 3. The van der Waals surface area contributed by atoms with Gasteiger partial charge in [0, 0.05) is 18.3 Å². The van der Waals surface area contributed by atoms with E-state index in [-0.39, 0.29) is 12.3 Å². The summed E-state index contributed by atoms with van der Waals surface area (Å²) in [6, 6.07) is -3.70. The molecule has 13 heteroatoms. The minimum atomic E-state index is -1.49. The van der Waals surface area contributed by atoms with Gasteiger partial charge in [0.05, 0.1) is 18.8 Å². The molecule has 1 heterocycles. The van der Waals surface area contributed by atoms with Gasteiger partial charge in [-0.15, -0.1) is 0 Å². The van der Waals surface area contributed by atoms with E-state index in [1.165, 1.54) is 12.5 Å². The Labute approximate surface area is 171 Å². The standard InChI is InChI=1S/C17H26N6O7/c1-8(2)14(18)17(30)23-11(4-12(24)25)16(29)22-10(3-9-5-19-7-21-9)15(28)20-6-13(26)27/h5,7-8,10-11,14H,3-4,6,18H2,1-2H3,(H,19,21)(H,20,28)(H,22,29)(H,23,30)(H,24,25)(H,26,27). The maximum Gasteiger partial charge on any atom is 0.322 e. The number of aliphatic carboxylic acids is 2. The van der Waals surface area contributed by atoms with E-state index in [1.807, 2.05) is 0 Å². The van der Waals surface area contributed by atoms with E-state index in [4.69, 9.17) is 15.9 Å². The lowest BCUT2D eigenvalue weighted by Gasteiger charge is -2.24. The van der Waals surface area contributed by atoms with Crippen molar-refractivity contribution < 1.29 is 34.2 Å². The van der Waals surface area contributed by atoms with Crippen molar-refractivity contribution in [1.29, 1.82) is 0 Å². The van der Waals surface area contributed by atoms with Crippen LogP contribution in [0.3, 0.4) is 0 Å². The molecule has 3 atom stereocenters. The number of hydrogen-bond acceptors (Lipinski definition) is 7. The predicted octanol–water partition coefficient (Wildman–Crippen LogP) is -2.42. The Hall–Kier alpha value is -3.48. The fourth-order valence-electron chi connectivity index (χ4n) is 2.34. The smallest absolute Gasteiger partial charge is 0.322 e. The molecule has 1 aromatic rings. The van der Waals surface area contributed by atoms with Crippen LogP contribution in [0.1, 0.15) is 26.0 Å². The number of carbonyl (C=O) groups is 5. The summed E-state index contributed by atoms with van der Waals surface area (Å²) < 4.78 is 0. The summed E-state index contributed by atoms with van der Waals surface area (Å²) in [4.78, 5) is 65.5. The first-order valence-electron chi connectivity index (χ1n) is 9.06. The minimum absolute atomic E-state index is 0.0730. The van der Waals surface area contributed by atoms with Crippen LogP contribution in [0.4, 0.5) is 0 Å². The number of aromatic amines is 1. The Balaban J connectivity index is 2.96. The summed E-state index contributed by atoms with van der Waals surface area (Å²) in [5, 5.41) is 24.6. The van der Waals surface area contributed by atoms with E-state index in [9.17, 15) is 24.0 Å². The number of nitrogens with zero attached hydrogens (tertiary/aromatic N) is 1. The number of nitrogens with two attached hydrogens (primary N) is 1. The Kier molecular flexibility index (Phi) is 9.42. The van der Waals surface area contributed by atoms with Crippen LogP contribution in [0.2, 0.25) is 0 Å². The van der Waals surface area contributed by atoms with Crippen molar-refractivity contribution in [3.63, 3.8) is 0 Å². The molecule has 0 aliphatic rings. The monoisotopic (exact) mass is 426 g/mol. The summed E-state index contributed by atoms with van der Waals surface area (Å²) in [5.74, 6) is -5.35. The van der Waals surface area contributed by atoms with Gasteiger partial charge in [-0.05, 0) is 5.92 Å². The van der Waals surface area contributed by atoms with Crippen LogP contribution in [0.5, 0.6) is 0 Å². The van der Waals surface area contributed by atoms with Gasteiger partial charge in [0.1, 0.15) is 18.6 Å². The number of rotatable bonds is 12. The molecule has 0 aliphatic heterocycles. The molecule has 0 bridgehead atoms. The van der Waals surface area contributed by atoms with Crippen LogP contribution in [0, 0.1) is 5.92 Å². The second kappa shape index (κ2) is 11.5. The Morgan fingerprint density at radius 3 is 2.17 bits per heavy atom. The number of hydrogen-bond donors (Lipinski definition) is 7. The first-order valence-corrected chi connectivity index (χ1v) is 9.06. The third-order valence-corrected chi connectivity index (χ3v) is 4.06. The van der Waals surface area contributed by atoms with Crippen LogP contribution in [-0.4, -0.2) is 74.5 Å². The molecular formula is C17H26N6O7. The fraction of sp³-hybridized carbons (Fsp3) is 0.529. The van der Waals surface area contributed by atoms with Gasteiger partial charge < -0.3 is 36.9 Å². The highest BCUT2D eigenvalue weighted by Crippen LogP contribution is 2.04. The third kappa shape index (κ3) is 8.26. The average molecular weight is 426 g/mol. The average Bonchev–Trinajstić information content (AvgIpc) is 3.16. The van der Waals surface area contributed by atoms with Gasteiger partial charge in [0.25, 0.3) is 0 Å². The topological polar surface area (TPSA) is 217 Å². The molecule has 1 rings (SSSR count). The predicted molar refractivity (Wildman–Crippen MR) is 102 cm³/mol. The maximum atomic E-state index is 12.6. The number of carboxylic acid groups (broad SMARTS) is 2. The van der Waals surface area contributed by atoms with Crippen molar-refractivity contribution in [2.45, 2.75) is 44.8 Å². The molecule has 30 heavy (non-hydrogen) atoms. The Morgan fingerprint density at radius 2 is 1.67 bits per heavy atom. The summed E-state index contributed by atoms with van der Waals surface area (Å²) in [6.45, 7) is 2.69. The van der Waals surface area contributed by atoms with Gasteiger partial charge in [-0.2, -0.15) is 0 Å². The molecule has 166 valence electrons. The van der Waals surface area contributed by atoms with Crippen molar-refractivity contribution in [1.82, 2.24) is 25.9 Å². The Morgan fingerprint density at radius 1 is 1.03 bits per heavy atom. The molecule has 3 amide bonds. The number of carbonyl (C=O) groups excluding carboxylic acids is 3. The maximum absolute atomic E-state index is 12.6. The van der Waals surface area contributed by atoms with Crippen molar-refractivity contribution in [3.8, 4) is 0 Å². The van der Waals surface area contributed by atoms with Gasteiger partial charge >= 0.3 is 11.9 Å². The van der Waals surface area contributed by atoms with Crippen molar-refractivity contribution in [2.24, 2.45) is 11.7 Å². The Bertz CT molecular complexity index is 765. The van der Waals surface area contributed by atoms with E-state index in [0.717, 1.165) is 0 Å². The molecule has 0 radical (unpaired) electrons. The largest absolute Gasteiger partial charge is 0.481 e. The van der Waals surface area contributed by atoms with Crippen LogP contribution < -0.4 is 21.7 Å². The van der Waals surface area contributed by atoms with Crippen LogP contribution in [0.15, 0.2) is 12.5 Å². The molecule has 0 saturated heterocycles. The first kappa shape index (κ1) is 24.6. The molecule has 8 N–H and O–H groups in total. The fourth-order valence-corrected chi connectivity index (χ4v) is 2.34. The number of H-pyrrole nitrogens is 1. The zero-order valence-corrected chi connectivity index (χ0v) is 16.5. The number of nitrogens with one attached hydrogen (secondary N) is 4. The minimum Gasteiger partial charge on any atom is -0.481 e. The first-order chi connectivity index (χ1) is 14.0. The molecule has 13 nitrogen and oxygen atoms in total. The highest BCUT2D eigenvalue weighted by molar-refractivity contribution is 5.95. The normalized spacial score (nSPS) is 13.7. The van der Waals surface area contributed by atoms with Crippen molar-refractivity contribution in [2.75, 3.05) is 6.54 Å². The van der Waals surface area contributed by atoms with Gasteiger partial charge in [0.15, 0.2) is 0 Å². The van der Waals surface area contributed by atoms with Gasteiger partial charge in [-0.3, -0.25) is 24.0 Å². The number of aromatic nitrogens is 2. The number of imidazole rings is 1. The van der Waals surface area contributed by atoms with Gasteiger partial charge in [-0.1, -0.05) is 13.8 Å². The lowest BCUT2D eigenvalue weighted by Crippen LogP contribution is -2.57. The quantitative estimate of drug-likeness (QED) is 0.189. The van der Waals surface area contributed by atoms with Crippen molar-refractivity contribution in [3.05, 3.63) is 18.2 Å². The molecule has 0 saturated carbocycles. The molecule has 0 aliphatic carbocycles. The van der Waals surface area contributed by atoms with Crippen LogP contribution >= 0.6 is 0 Å². The van der Waals surface area contributed by atoms with E-state index in [2.05, 4.69) is 25.9 Å². The molecular weight excluding hydrogens is 400 g/mol. The molecule has 3 unspecified atom stereocenters. The van der Waals surface area contributed by atoms with E-state index < -0.39 is 60.8 Å². The highest BCUT2D eigenvalue weighted by Gasteiger charge is 2.30. The molecule has 0 aromatic carbocycles. The zero-order valence-electron chi connectivity index (χ0n) is 16.5. The molecule has 1 aromatic heterocycles. The van der Waals surface area contributed by atoms with Gasteiger partial charge in [0.2, 0.25) is 17.7 Å². The van der Waals surface area contributed by atoms with Gasteiger partial charge in [-0.25, -0.2) is 4.98 Å². The SMILES string of the molecule is CC(C)C(N)C(=O)NC(CC(=O)O)C(=O)NC(Cc1cnc[nH]1)C(=O)NCC(=O)O. The van der Waals surface area contributed by atoms with Crippen molar-refractivity contribution >= 4 is 29.7 Å². The third-order valence-electron chi connectivity index (χ3n) is 4.06.